The fraction of sp³-hybridized carbons (Fsp3) is 0.462. The third-order valence-electron chi connectivity index (χ3n) is 5.23. The number of carbonyl (C=O) groups excluding carboxylic acids is 2. The van der Waals surface area contributed by atoms with Gasteiger partial charge in [0.25, 0.3) is 5.91 Å². The quantitative estimate of drug-likeness (QED) is 0.639. The minimum atomic E-state index is -0.591. The summed E-state index contributed by atoms with van der Waals surface area (Å²) in [5, 5.41) is 2.89. The third-order valence-corrected chi connectivity index (χ3v) is 5.23. The van der Waals surface area contributed by atoms with Crippen molar-refractivity contribution in [2.24, 2.45) is 0 Å². The Morgan fingerprint density at radius 1 is 1.10 bits per heavy atom. The van der Waals surface area contributed by atoms with Crippen molar-refractivity contribution < 1.29 is 14.3 Å². The number of nitrogens with zero attached hydrogens (tertiary/aromatic N) is 1. The molecule has 1 N–H and O–H groups in total. The maximum atomic E-state index is 13.1. The summed E-state index contributed by atoms with van der Waals surface area (Å²) < 4.78 is 5.77. The topological polar surface area (TPSA) is 58.6 Å². The van der Waals surface area contributed by atoms with E-state index in [1.807, 2.05) is 62.4 Å². The molecule has 31 heavy (non-hydrogen) atoms. The van der Waals surface area contributed by atoms with Crippen LogP contribution in [0.2, 0.25) is 0 Å². The minimum Gasteiger partial charge on any atom is -0.484 e. The lowest BCUT2D eigenvalue weighted by atomic mass is 9.87. The Hall–Kier alpha value is -2.82. The van der Waals surface area contributed by atoms with E-state index in [-0.39, 0.29) is 23.8 Å². The Morgan fingerprint density at radius 3 is 2.35 bits per heavy atom. The number of rotatable bonds is 9. The first-order valence-electron chi connectivity index (χ1n) is 11.0. The smallest absolute Gasteiger partial charge is 0.261 e. The fourth-order valence-electron chi connectivity index (χ4n) is 3.26. The van der Waals surface area contributed by atoms with E-state index in [4.69, 9.17) is 4.74 Å². The molecule has 0 aliphatic carbocycles. The first kappa shape index (κ1) is 24.4. The molecule has 1 atom stereocenters. The summed E-state index contributed by atoms with van der Waals surface area (Å²) >= 11 is 0. The molecule has 2 aromatic rings. The molecule has 2 amide bonds. The van der Waals surface area contributed by atoms with E-state index in [1.165, 1.54) is 5.56 Å². The Bertz CT molecular complexity index is 869. The van der Waals surface area contributed by atoms with Crippen molar-refractivity contribution in [1.82, 2.24) is 10.2 Å². The zero-order chi connectivity index (χ0) is 23.0. The third kappa shape index (κ3) is 7.42. The molecular formula is C26H36N2O3. The van der Waals surface area contributed by atoms with Crippen LogP contribution < -0.4 is 10.1 Å². The molecule has 0 aliphatic heterocycles. The average Bonchev–Trinajstić information content (AvgIpc) is 2.73. The zero-order valence-corrected chi connectivity index (χ0v) is 19.7. The number of hydrogen-bond donors (Lipinski definition) is 1. The molecule has 5 nitrogen and oxygen atoms in total. The van der Waals surface area contributed by atoms with Crippen molar-refractivity contribution in [2.75, 3.05) is 13.2 Å². The van der Waals surface area contributed by atoms with Gasteiger partial charge in [-0.2, -0.15) is 0 Å². The van der Waals surface area contributed by atoms with Gasteiger partial charge in [0.15, 0.2) is 6.61 Å². The summed E-state index contributed by atoms with van der Waals surface area (Å²) in [7, 11) is 0. The molecule has 5 heteroatoms. The van der Waals surface area contributed by atoms with Crippen LogP contribution in [0.3, 0.4) is 0 Å². The van der Waals surface area contributed by atoms with Gasteiger partial charge >= 0.3 is 0 Å². The summed E-state index contributed by atoms with van der Waals surface area (Å²) in [5.41, 5.74) is 3.36. The van der Waals surface area contributed by atoms with E-state index >= 15 is 0 Å². The van der Waals surface area contributed by atoms with E-state index in [2.05, 4.69) is 26.1 Å². The molecule has 0 bridgehead atoms. The van der Waals surface area contributed by atoms with Gasteiger partial charge in [-0.25, -0.2) is 0 Å². The molecule has 0 fully saturated rings. The van der Waals surface area contributed by atoms with Crippen molar-refractivity contribution in [1.29, 1.82) is 0 Å². The largest absolute Gasteiger partial charge is 0.484 e. The highest BCUT2D eigenvalue weighted by molar-refractivity contribution is 5.87. The summed E-state index contributed by atoms with van der Waals surface area (Å²) in [4.78, 5) is 27.2. The van der Waals surface area contributed by atoms with E-state index in [9.17, 15) is 9.59 Å². The lowest BCUT2D eigenvalue weighted by Crippen LogP contribution is -2.49. The van der Waals surface area contributed by atoms with Gasteiger partial charge in [0, 0.05) is 13.1 Å². The van der Waals surface area contributed by atoms with Crippen molar-refractivity contribution in [2.45, 2.75) is 66.0 Å². The van der Waals surface area contributed by atoms with Crippen molar-refractivity contribution in [3.05, 3.63) is 65.2 Å². The SMILES string of the molecule is CCCNC(=O)[C@@H](C)N(Cc1cccc(C)c1)C(=O)COc1ccc(C(C)(C)C)cc1. The number of hydrogen-bond acceptors (Lipinski definition) is 3. The van der Waals surface area contributed by atoms with Crippen LogP contribution in [0.1, 0.15) is 57.7 Å². The standard InChI is InChI=1S/C26H36N2O3/c1-7-15-27-25(30)20(3)28(17-21-10-8-9-19(2)16-21)24(29)18-31-23-13-11-22(12-14-23)26(4,5)6/h8-14,16,20H,7,15,17-18H2,1-6H3,(H,27,30)/t20-/m1/s1. The van der Waals surface area contributed by atoms with Gasteiger partial charge in [0.1, 0.15) is 11.8 Å². The number of aryl methyl sites for hydroxylation is 1. The molecule has 0 spiro atoms. The average molecular weight is 425 g/mol. The maximum absolute atomic E-state index is 13.1. The van der Waals surface area contributed by atoms with E-state index < -0.39 is 6.04 Å². The molecule has 0 saturated carbocycles. The Kier molecular flexibility index (Phi) is 8.66. The predicted molar refractivity (Wildman–Crippen MR) is 125 cm³/mol. The molecular weight excluding hydrogens is 388 g/mol. The first-order chi connectivity index (χ1) is 14.6. The number of ether oxygens (including phenoxy) is 1. The van der Waals surface area contributed by atoms with Crippen molar-refractivity contribution in [3.63, 3.8) is 0 Å². The van der Waals surface area contributed by atoms with Crippen LogP contribution >= 0.6 is 0 Å². The molecule has 168 valence electrons. The van der Waals surface area contributed by atoms with Crippen LogP contribution in [0.5, 0.6) is 5.75 Å². The highest BCUT2D eigenvalue weighted by Gasteiger charge is 2.26. The second-order valence-corrected chi connectivity index (χ2v) is 9.04. The molecule has 2 rings (SSSR count). The van der Waals surface area contributed by atoms with Crippen LogP contribution in [0.25, 0.3) is 0 Å². The van der Waals surface area contributed by atoms with Crippen molar-refractivity contribution in [3.8, 4) is 5.75 Å². The first-order valence-corrected chi connectivity index (χ1v) is 11.0. The molecule has 2 aromatic carbocycles. The monoisotopic (exact) mass is 424 g/mol. The van der Waals surface area contributed by atoms with Crippen LogP contribution in [0.4, 0.5) is 0 Å². The van der Waals surface area contributed by atoms with Crippen molar-refractivity contribution >= 4 is 11.8 Å². The van der Waals surface area contributed by atoms with Gasteiger partial charge in [0.05, 0.1) is 0 Å². The van der Waals surface area contributed by atoms with Gasteiger partial charge in [-0.05, 0) is 48.9 Å². The maximum Gasteiger partial charge on any atom is 0.261 e. The second-order valence-electron chi connectivity index (χ2n) is 9.04. The summed E-state index contributed by atoms with van der Waals surface area (Å²) in [5.74, 6) is 0.262. The molecule has 0 aliphatic rings. The molecule has 0 aromatic heterocycles. The predicted octanol–water partition coefficient (Wildman–Crippen LogP) is 4.61. The lowest BCUT2D eigenvalue weighted by Gasteiger charge is -2.29. The van der Waals surface area contributed by atoms with E-state index in [0.717, 1.165) is 17.5 Å². The van der Waals surface area contributed by atoms with E-state index in [0.29, 0.717) is 18.8 Å². The highest BCUT2D eigenvalue weighted by atomic mass is 16.5. The van der Waals surface area contributed by atoms with Gasteiger partial charge < -0.3 is 15.0 Å². The lowest BCUT2D eigenvalue weighted by molar-refractivity contribution is -0.142. The second kappa shape index (κ2) is 11.0. The summed E-state index contributed by atoms with van der Waals surface area (Å²) in [6.07, 6.45) is 0.845. The molecule has 0 radical (unpaired) electrons. The number of nitrogens with one attached hydrogen (secondary N) is 1. The number of carbonyl (C=O) groups is 2. The van der Waals surface area contributed by atoms with Gasteiger partial charge in [-0.15, -0.1) is 0 Å². The normalized spacial score (nSPS) is 12.2. The van der Waals surface area contributed by atoms with Crippen LogP contribution in [0, 0.1) is 6.92 Å². The summed E-state index contributed by atoms with van der Waals surface area (Å²) in [6.45, 7) is 13.1. The molecule has 0 unspecified atom stereocenters. The Morgan fingerprint density at radius 2 is 1.77 bits per heavy atom. The fourth-order valence-corrected chi connectivity index (χ4v) is 3.26. The minimum absolute atomic E-state index is 0.0558. The number of amides is 2. The molecule has 0 saturated heterocycles. The highest BCUT2D eigenvalue weighted by Crippen LogP contribution is 2.24. The van der Waals surface area contributed by atoms with Crippen LogP contribution in [0.15, 0.2) is 48.5 Å². The van der Waals surface area contributed by atoms with Crippen LogP contribution in [-0.2, 0) is 21.5 Å². The Labute approximate surface area is 186 Å². The van der Waals surface area contributed by atoms with E-state index in [1.54, 1.807) is 11.8 Å². The van der Waals surface area contributed by atoms with Gasteiger partial charge in [-0.3, -0.25) is 9.59 Å². The van der Waals surface area contributed by atoms with Crippen LogP contribution in [-0.4, -0.2) is 35.9 Å². The van der Waals surface area contributed by atoms with Gasteiger partial charge in [-0.1, -0.05) is 69.7 Å². The Balaban J connectivity index is 2.12. The summed E-state index contributed by atoms with van der Waals surface area (Å²) in [6, 6.07) is 15.2. The molecule has 0 heterocycles. The zero-order valence-electron chi connectivity index (χ0n) is 19.7. The number of benzene rings is 2. The van der Waals surface area contributed by atoms with Gasteiger partial charge in [0.2, 0.25) is 5.91 Å².